The fourth-order valence-electron chi connectivity index (χ4n) is 3.35. The van der Waals surface area contributed by atoms with Crippen molar-refractivity contribution in [2.24, 2.45) is 0 Å². The van der Waals surface area contributed by atoms with Crippen LogP contribution in [-0.2, 0) is 0 Å². The number of hydrogen-bond acceptors (Lipinski definition) is 7. The predicted molar refractivity (Wildman–Crippen MR) is 117 cm³/mol. The van der Waals surface area contributed by atoms with E-state index in [1.807, 2.05) is 42.5 Å². The Labute approximate surface area is 171 Å². The largest absolute Gasteiger partial charge is 0.365 e. The first-order chi connectivity index (χ1) is 14.0. The first-order valence-electron chi connectivity index (χ1n) is 9.97. The molecule has 1 saturated heterocycles. The third-order valence-electron chi connectivity index (χ3n) is 4.69. The van der Waals surface area contributed by atoms with Gasteiger partial charge in [0.05, 0.1) is 0 Å². The Hall–Kier alpha value is -3.22. The minimum absolute atomic E-state index is 0.0804. The topological polar surface area (TPSA) is 70.1 Å². The third-order valence-corrected chi connectivity index (χ3v) is 4.69. The third kappa shape index (κ3) is 4.80. The molecule has 0 atom stereocenters. The maximum absolute atomic E-state index is 4.88. The van der Waals surface area contributed by atoms with E-state index in [0.29, 0.717) is 0 Å². The van der Waals surface area contributed by atoms with Gasteiger partial charge >= 0.3 is 0 Å². The van der Waals surface area contributed by atoms with Gasteiger partial charge in [0.15, 0.2) is 5.82 Å². The van der Waals surface area contributed by atoms with Crippen LogP contribution in [0.25, 0.3) is 11.4 Å². The minimum atomic E-state index is -0.0804. The number of anilines is 3. The highest BCUT2D eigenvalue weighted by molar-refractivity contribution is 5.62. The summed E-state index contributed by atoms with van der Waals surface area (Å²) in [4.78, 5) is 22.9. The molecule has 1 N–H and O–H groups in total. The van der Waals surface area contributed by atoms with E-state index < -0.39 is 0 Å². The highest BCUT2D eigenvalue weighted by atomic mass is 15.3. The van der Waals surface area contributed by atoms with Crippen LogP contribution in [-0.4, -0.2) is 51.7 Å². The molecule has 1 fully saturated rings. The van der Waals surface area contributed by atoms with Crippen LogP contribution in [0.3, 0.4) is 0 Å². The number of piperazine rings is 1. The zero-order valence-electron chi connectivity index (χ0n) is 17.2. The quantitative estimate of drug-likeness (QED) is 0.733. The van der Waals surface area contributed by atoms with Gasteiger partial charge in [0.1, 0.15) is 11.6 Å². The molecule has 29 heavy (non-hydrogen) atoms. The Bertz CT molecular complexity index is 930. The highest BCUT2D eigenvalue weighted by Gasteiger charge is 2.22. The van der Waals surface area contributed by atoms with Gasteiger partial charge in [-0.3, -0.25) is 0 Å². The zero-order chi connectivity index (χ0) is 20.3. The molecule has 1 aromatic carbocycles. The van der Waals surface area contributed by atoms with Crippen molar-refractivity contribution in [2.75, 3.05) is 41.3 Å². The standard InChI is InChI=1S/C22H27N7/c1-22(2,3)27-18-16-19(26-20(25-18)17-8-5-4-6-9-17)28-12-14-29(15-13-28)21-23-10-7-11-24-21/h4-11,16H,12-15H2,1-3H3,(H,25,26,27). The lowest BCUT2D eigenvalue weighted by Crippen LogP contribution is -2.47. The SMILES string of the molecule is CC(C)(C)Nc1cc(N2CCN(c3ncccn3)CC2)nc(-c2ccccc2)n1. The Morgan fingerprint density at radius 1 is 0.828 bits per heavy atom. The van der Waals surface area contributed by atoms with Crippen LogP contribution in [0.5, 0.6) is 0 Å². The van der Waals surface area contributed by atoms with Crippen LogP contribution in [0.15, 0.2) is 54.9 Å². The van der Waals surface area contributed by atoms with E-state index in [1.165, 1.54) is 0 Å². The van der Waals surface area contributed by atoms with Crippen LogP contribution in [0, 0.1) is 0 Å². The molecular formula is C22H27N7. The lowest BCUT2D eigenvalue weighted by molar-refractivity contribution is 0.625. The number of aromatic nitrogens is 4. The van der Waals surface area contributed by atoms with Crippen LogP contribution < -0.4 is 15.1 Å². The summed E-state index contributed by atoms with van der Waals surface area (Å²) in [5, 5.41) is 3.50. The lowest BCUT2D eigenvalue weighted by atomic mass is 10.1. The molecular weight excluding hydrogens is 362 g/mol. The Balaban J connectivity index is 1.59. The summed E-state index contributed by atoms with van der Waals surface area (Å²) in [7, 11) is 0. The van der Waals surface area contributed by atoms with Crippen molar-refractivity contribution in [3.05, 3.63) is 54.9 Å². The second-order valence-corrected chi connectivity index (χ2v) is 8.20. The first-order valence-corrected chi connectivity index (χ1v) is 9.97. The van der Waals surface area contributed by atoms with Gasteiger partial charge in [-0.2, -0.15) is 0 Å². The van der Waals surface area contributed by atoms with E-state index in [-0.39, 0.29) is 5.54 Å². The second kappa shape index (κ2) is 8.03. The van der Waals surface area contributed by atoms with Gasteiger partial charge in [-0.05, 0) is 26.8 Å². The summed E-state index contributed by atoms with van der Waals surface area (Å²) in [6, 6.07) is 14.0. The van der Waals surface area contributed by atoms with E-state index >= 15 is 0 Å². The Kier molecular flexibility index (Phi) is 5.29. The van der Waals surface area contributed by atoms with Crippen LogP contribution in [0.1, 0.15) is 20.8 Å². The van der Waals surface area contributed by atoms with Crippen molar-refractivity contribution in [3.8, 4) is 11.4 Å². The zero-order valence-corrected chi connectivity index (χ0v) is 17.2. The molecule has 2 aromatic heterocycles. The average Bonchev–Trinajstić information content (AvgIpc) is 2.74. The fraction of sp³-hybridized carbons (Fsp3) is 0.364. The smallest absolute Gasteiger partial charge is 0.225 e. The summed E-state index contributed by atoms with van der Waals surface area (Å²) in [6.45, 7) is 9.84. The first kappa shape index (κ1) is 19.1. The van der Waals surface area contributed by atoms with Crippen molar-refractivity contribution in [1.29, 1.82) is 0 Å². The molecule has 0 spiro atoms. The van der Waals surface area contributed by atoms with Gasteiger partial charge in [0.2, 0.25) is 5.95 Å². The summed E-state index contributed by atoms with van der Waals surface area (Å²) in [5.74, 6) is 3.31. The number of nitrogens with one attached hydrogen (secondary N) is 1. The molecule has 0 unspecified atom stereocenters. The van der Waals surface area contributed by atoms with Gasteiger partial charge in [0.25, 0.3) is 0 Å². The molecule has 3 heterocycles. The van der Waals surface area contributed by atoms with E-state index in [0.717, 1.165) is 55.2 Å². The van der Waals surface area contributed by atoms with E-state index in [2.05, 4.69) is 45.9 Å². The Morgan fingerprint density at radius 3 is 2.14 bits per heavy atom. The number of rotatable bonds is 4. The summed E-state index contributed by atoms with van der Waals surface area (Å²) in [6.07, 6.45) is 3.57. The van der Waals surface area contributed by atoms with Crippen molar-refractivity contribution in [3.63, 3.8) is 0 Å². The minimum Gasteiger partial charge on any atom is -0.365 e. The van der Waals surface area contributed by atoms with Gasteiger partial charge in [-0.1, -0.05) is 30.3 Å². The normalized spacial score (nSPS) is 14.7. The predicted octanol–water partition coefficient (Wildman–Crippen LogP) is 3.47. The molecule has 0 bridgehead atoms. The second-order valence-electron chi connectivity index (χ2n) is 8.20. The average molecular weight is 390 g/mol. The molecule has 0 radical (unpaired) electrons. The van der Waals surface area contributed by atoms with Crippen molar-refractivity contribution in [2.45, 2.75) is 26.3 Å². The van der Waals surface area contributed by atoms with Crippen molar-refractivity contribution in [1.82, 2.24) is 19.9 Å². The molecule has 7 heteroatoms. The molecule has 150 valence electrons. The molecule has 1 aliphatic heterocycles. The molecule has 1 aliphatic rings. The molecule has 3 aromatic rings. The highest BCUT2D eigenvalue weighted by Crippen LogP contribution is 2.25. The lowest BCUT2D eigenvalue weighted by Gasteiger charge is -2.35. The van der Waals surface area contributed by atoms with Gasteiger partial charge in [0, 0.05) is 55.7 Å². The van der Waals surface area contributed by atoms with Gasteiger partial charge in [-0.25, -0.2) is 19.9 Å². The maximum atomic E-state index is 4.88. The Morgan fingerprint density at radius 2 is 1.48 bits per heavy atom. The van der Waals surface area contributed by atoms with E-state index in [1.54, 1.807) is 12.4 Å². The number of hydrogen-bond donors (Lipinski definition) is 1. The summed E-state index contributed by atoms with van der Waals surface area (Å²) in [5.41, 5.74) is 0.936. The fourth-order valence-corrected chi connectivity index (χ4v) is 3.35. The number of nitrogens with zero attached hydrogens (tertiary/aromatic N) is 6. The molecule has 4 rings (SSSR count). The van der Waals surface area contributed by atoms with E-state index in [4.69, 9.17) is 9.97 Å². The molecule has 0 amide bonds. The van der Waals surface area contributed by atoms with Crippen molar-refractivity contribution >= 4 is 17.6 Å². The van der Waals surface area contributed by atoms with Gasteiger partial charge < -0.3 is 15.1 Å². The maximum Gasteiger partial charge on any atom is 0.225 e. The molecule has 7 nitrogen and oxygen atoms in total. The summed E-state index contributed by atoms with van der Waals surface area (Å²) >= 11 is 0. The summed E-state index contributed by atoms with van der Waals surface area (Å²) < 4.78 is 0. The monoisotopic (exact) mass is 389 g/mol. The number of benzene rings is 1. The van der Waals surface area contributed by atoms with Gasteiger partial charge in [-0.15, -0.1) is 0 Å². The van der Waals surface area contributed by atoms with Crippen LogP contribution in [0.4, 0.5) is 17.6 Å². The molecule has 0 aliphatic carbocycles. The molecule has 0 saturated carbocycles. The van der Waals surface area contributed by atoms with Crippen LogP contribution in [0.2, 0.25) is 0 Å². The van der Waals surface area contributed by atoms with Crippen molar-refractivity contribution < 1.29 is 0 Å². The van der Waals surface area contributed by atoms with E-state index in [9.17, 15) is 0 Å². The van der Waals surface area contributed by atoms with Crippen LogP contribution >= 0.6 is 0 Å².